The van der Waals surface area contributed by atoms with E-state index in [1.807, 2.05) is 6.07 Å². The normalized spacial score (nSPS) is 9.89. The third-order valence-electron chi connectivity index (χ3n) is 2.38. The summed E-state index contributed by atoms with van der Waals surface area (Å²) in [6, 6.07) is 7.61. The molecule has 0 unspecified atom stereocenters. The molecule has 1 heterocycles. The van der Waals surface area contributed by atoms with Crippen LogP contribution in [0.4, 0.5) is 15.9 Å². The quantitative estimate of drug-likeness (QED) is 0.835. The van der Waals surface area contributed by atoms with E-state index in [0.717, 1.165) is 0 Å². The Morgan fingerprint density at radius 1 is 1.33 bits per heavy atom. The van der Waals surface area contributed by atoms with Crippen molar-refractivity contribution in [2.75, 3.05) is 11.9 Å². The number of nitrogens with zero attached hydrogens (tertiary/aromatic N) is 4. The van der Waals surface area contributed by atoms with Crippen LogP contribution in [0.1, 0.15) is 5.69 Å². The zero-order valence-electron chi connectivity index (χ0n) is 9.43. The molecular formula is C12H8ClFN4. The molecule has 0 aliphatic carbocycles. The van der Waals surface area contributed by atoms with Gasteiger partial charge < -0.3 is 4.90 Å². The molecule has 18 heavy (non-hydrogen) atoms. The Balaban J connectivity index is 2.44. The fraction of sp³-hybridized carbons (Fsp3) is 0.0833. The van der Waals surface area contributed by atoms with Crippen LogP contribution < -0.4 is 4.90 Å². The maximum absolute atomic E-state index is 13.7. The summed E-state index contributed by atoms with van der Waals surface area (Å²) in [5.74, 6) is 0.00161. The summed E-state index contributed by atoms with van der Waals surface area (Å²) in [4.78, 5) is 9.25. The second-order valence-corrected chi connectivity index (χ2v) is 3.96. The van der Waals surface area contributed by atoms with Crippen molar-refractivity contribution in [3.8, 4) is 6.07 Å². The van der Waals surface area contributed by atoms with Crippen LogP contribution in [-0.4, -0.2) is 17.0 Å². The average Bonchev–Trinajstić information content (AvgIpc) is 2.41. The van der Waals surface area contributed by atoms with Crippen LogP contribution in [0.5, 0.6) is 0 Å². The van der Waals surface area contributed by atoms with Gasteiger partial charge in [-0.15, -0.1) is 0 Å². The molecule has 0 bridgehead atoms. The highest BCUT2D eigenvalue weighted by Crippen LogP contribution is 2.27. The van der Waals surface area contributed by atoms with Crippen LogP contribution in [-0.2, 0) is 0 Å². The smallest absolute Gasteiger partial charge is 0.146 e. The molecule has 1 aromatic heterocycles. The lowest BCUT2D eigenvalue weighted by Gasteiger charge is -2.18. The van der Waals surface area contributed by atoms with Crippen molar-refractivity contribution < 1.29 is 4.39 Å². The first kappa shape index (κ1) is 12.3. The highest BCUT2D eigenvalue weighted by Gasteiger charge is 2.12. The Labute approximate surface area is 108 Å². The fourth-order valence-corrected chi connectivity index (χ4v) is 1.62. The van der Waals surface area contributed by atoms with E-state index < -0.39 is 5.82 Å². The van der Waals surface area contributed by atoms with E-state index in [2.05, 4.69) is 9.97 Å². The van der Waals surface area contributed by atoms with Crippen LogP contribution in [0.2, 0.25) is 5.02 Å². The average molecular weight is 263 g/mol. The summed E-state index contributed by atoms with van der Waals surface area (Å²) in [7, 11) is 1.64. The molecule has 0 radical (unpaired) electrons. The Morgan fingerprint density at radius 2 is 2.11 bits per heavy atom. The van der Waals surface area contributed by atoms with E-state index in [-0.39, 0.29) is 11.4 Å². The monoisotopic (exact) mass is 262 g/mol. The van der Waals surface area contributed by atoms with Crippen molar-refractivity contribution in [3.63, 3.8) is 0 Å². The molecular weight excluding hydrogens is 255 g/mol. The predicted molar refractivity (Wildman–Crippen MR) is 66.2 cm³/mol. The Kier molecular flexibility index (Phi) is 3.40. The number of rotatable bonds is 2. The summed E-state index contributed by atoms with van der Waals surface area (Å²) >= 11 is 5.83. The second kappa shape index (κ2) is 4.98. The van der Waals surface area contributed by atoms with Gasteiger partial charge in [-0.05, 0) is 18.2 Å². The van der Waals surface area contributed by atoms with Crippen LogP contribution in [0.3, 0.4) is 0 Å². The topological polar surface area (TPSA) is 52.8 Å². The number of hydrogen-bond donors (Lipinski definition) is 0. The third-order valence-corrected chi connectivity index (χ3v) is 2.62. The molecule has 90 valence electrons. The van der Waals surface area contributed by atoms with Crippen LogP contribution in [0.25, 0.3) is 0 Å². The van der Waals surface area contributed by atoms with Gasteiger partial charge in [-0.2, -0.15) is 5.26 Å². The molecule has 0 saturated heterocycles. The fourth-order valence-electron chi connectivity index (χ4n) is 1.46. The number of anilines is 2. The molecule has 0 amide bonds. The van der Waals surface area contributed by atoms with Gasteiger partial charge in [0.05, 0.1) is 5.69 Å². The molecule has 2 rings (SSSR count). The predicted octanol–water partition coefficient (Wildman–Crippen LogP) is 2.91. The minimum Gasteiger partial charge on any atom is -0.327 e. The SMILES string of the molecule is CN(c1cc(C#N)ncn1)c1cc(Cl)ccc1F. The Hall–Kier alpha value is -2.19. The van der Waals surface area contributed by atoms with E-state index in [4.69, 9.17) is 16.9 Å². The minimum absolute atomic E-state index is 0.217. The van der Waals surface area contributed by atoms with E-state index >= 15 is 0 Å². The number of aromatic nitrogens is 2. The van der Waals surface area contributed by atoms with Crippen LogP contribution in [0.15, 0.2) is 30.6 Å². The number of benzene rings is 1. The van der Waals surface area contributed by atoms with Gasteiger partial charge in [0.1, 0.15) is 29.7 Å². The van der Waals surface area contributed by atoms with Gasteiger partial charge in [0, 0.05) is 18.1 Å². The van der Waals surface area contributed by atoms with Gasteiger partial charge in [-0.1, -0.05) is 11.6 Å². The highest BCUT2D eigenvalue weighted by molar-refractivity contribution is 6.30. The van der Waals surface area contributed by atoms with E-state index in [1.54, 1.807) is 7.05 Å². The van der Waals surface area contributed by atoms with Crippen molar-refractivity contribution in [2.24, 2.45) is 0 Å². The van der Waals surface area contributed by atoms with E-state index in [9.17, 15) is 4.39 Å². The van der Waals surface area contributed by atoms with Crippen molar-refractivity contribution in [1.82, 2.24) is 9.97 Å². The van der Waals surface area contributed by atoms with Gasteiger partial charge in [0.25, 0.3) is 0 Å². The molecule has 4 nitrogen and oxygen atoms in total. The number of halogens is 2. The zero-order valence-corrected chi connectivity index (χ0v) is 10.2. The summed E-state index contributed by atoms with van der Waals surface area (Å²) < 4.78 is 13.7. The van der Waals surface area contributed by atoms with Crippen molar-refractivity contribution >= 4 is 23.1 Å². The zero-order chi connectivity index (χ0) is 13.1. The lowest BCUT2D eigenvalue weighted by atomic mass is 10.2. The Bertz CT molecular complexity index is 624. The van der Waals surface area contributed by atoms with Crippen molar-refractivity contribution in [2.45, 2.75) is 0 Å². The molecule has 0 spiro atoms. The molecule has 0 aliphatic heterocycles. The van der Waals surface area contributed by atoms with Gasteiger partial charge in [0.15, 0.2) is 0 Å². The van der Waals surface area contributed by atoms with Crippen LogP contribution >= 0.6 is 11.6 Å². The molecule has 1 aromatic carbocycles. The molecule has 0 aliphatic rings. The first-order valence-electron chi connectivity index (χ1n) is 5.02. The summed E-state index contributed by atoms with van der Waals surface area (Å²) in [5, 5.41) is 9.18. The van der Waals surface area contributed by atoms with Gasteiger partial charge >= 0.3 is 0 Å². The first-order valence-corrected chi connectivity index (χ1v) is 5.40. The Morgan fingerprint density at radius 3 is 2.83 bits per heavy atom. The van der Waals surface area contributed by atoms with Gasteiger partial charge in [-0.3, -0.25) is 0 Å². The molecule has 0 saturated carbocycles. The second-order valence-electron chi connectivity index (χ2n) is 3.53. The van der Waals surface area contributed by atoms with Gasteiger partial charge in [0.2, 0.25) is 0 Å². The molecule has 6 heteroatoms. The molecule has 0 N–H and O–H groups in total. The summed E-state index contributed by atoms with van der Waals surface area (Å²) in [5.41, 5.74) is 0.499. The van der Waals surface area contributed by atoms with E-state index in [0.29, 0.717) is 10.8 Å². The molecule has 2 aromatic rings. The first-order chi connectivity index (χ1) is 8.61. The minimum atomic E-state index is -0.418. The maximum Gasteiger partial charge on any atom is 0.146 e. The largest absolute Gasteiger partial charge is 0.327 e. The van der Waals surface area contributed by atoms with Crippen molar-refractivity contribution in [1.29, 1.82) is 5.26 Å². The van der Waals surface area contributed by atoms with Gasteiger partial charge in [-0.25, -0.2) is 14.4 Å². The van der Waals surface area contributed by atoms with E-state index in [1.165, 1.54) is 35.5 Å². The third kappa shape index (κ3) is 2.39. The summed E-state index contributed by atoms with van der Waals surface area (Å²) in [6.07, 6.45) is 1.26. The molecule has 0 atom stereocenters. The lowest BCUT2D eigenvalue weighted by Crippen LogP contribution is -2.13. The highest BCUT2D eigenvalue weighted by atomic mass is 35.5. The standard InChI is InChI=1S/C12H8ClFN4/c1-18(11-4-8(13)2-3-10(11)14)12-5-9(6-15)16-7-17-12/h2-5,7H,1H3. The lowest BCUT2D eigenvalue weighted by molar-refractivity contribution is 0.627. The number of nitriles is 1. The van der Waals surface area contributed by atoms with Crippen molar-refractivity contribution in [3.05, 3.63) is 47.1 Å². The maximum atomic E-state index is 13.7. The molecule has 0 fully saturated rings. The summed E-state index contributed by atoms with van der Waals surface area (Å²) in [6.45, 7) is 0. The van der Waals surface area contributed by atoms with Crippen LogP contribution in [0, 0.1) is 17.1 Å². The number of hydrogen-bond acceptors (Lipinski definition) is 4.